The zero-order valence-electron chi connectivity index (χ0n) is 9.83. The summed E-state index contributed by atoms with van der Waals surface area (Å²) in [5.41, 5.74) is 1.75. The molecule has 0 spiro atoms. The molecule has 1 aromatic carbocycles. The molecule has 0 heterocycles. The van der Waals surface area contributed by atoms with Crippen molar-refractivity contribution >= 4 is 5.78 Å². The first-order valence-corrected chi connectivity index (χ1v) is 5.35. The Morgan fingerprint density at radius 1 is 1.44 bits per heavy atom. The summed E-state index contributed by atoms with van der Waals surface area (Å²) in [5.74, 6) is 0.445. The Labute approximate surface area is 95.7 Å². The van der Waals surface area contributed by atoms with Gasteiger partial charge in [0.25, 0.3) is 0 Å². The van der Waals surface area contributed by atoms with Crippen molar-refractivity contribution in [3.8, 4) is 11.8 Å². The number of benzene rings is 1. The van der Waals surface area contributed by atoms with Gasteiger partial charge in [-0.25, -0.2) is 0 Å². The summed E-state index contributed by atoms with van der Waals surface area (Å²) in [7, 11) is 0. The third kappa shape index (κ3) is 2.22. The SMILES string of the molecule is CCOc1c(CC)ccc(C(C)=O)c1C#N. The summed E-state index contributed by atoms with van der Waals surface area (Å²) in [6.45, 7) is 5.80. The number of aryl methyl sites for hydroxylation is 1. The summed E-state index contributed by atoms with van der Waals surface area (Å²) in [6, 6.07) is 5.61. The van der Waals surface area contributed by atoms with Crippen LogP contribution in [-0.2, 0) is 6.42 Å². The molecule has 1 aromatic rings. The minimum absolute atomic E-state index is 0.111. The molecule has 84 valence electrons. The molecule has 0 amide bonds. The molecule has 0 saturated heterocycles. The van der Waals surface area contributed by atoms with E-state index in [2.05, 4.69) is 6.07 Å². The van der Waals surface area contributed by atoms with E-state index >= 15 is 0 Å². The monoisotopic (exact) mass is 217 g/mol. The standard InChI is InChI=1S/C13H15NO2/c1-4-10-6-7-11(9(3)15)12(8-14)13(10)16-5-2/h6-7H,4-5H2,1-3H3. The lowest BCUT2D eigenvalue weighted by molar-refractivity contribution is 0.101. The largest absolute Gasteiger partial charge is 0.492 e. The second-order valence-corrected chi connectivity index (χ2v) is 3.43. The van der Waals surface area contributed by atoms with Crippen LogP contribution >= 0.6 is 0 Å². The van der Waals surface area contributed by atoms with Gasteiger partial charge in [0.15, 0.2) is 5.78 Å². The van der Waals surface area contributed by atoms with Gasteiger partial charge in [-0.05, 0) is 31.9 Å². The van der Waals surface area contributed by atoms with Gasteiger partial charge in [-0.3, -0.25) is 4.79 Å². The maximum Gasteiger partial charge on any atom is 0.161 e. The number of nitriles is 1. The number of Topliss-reactive ketones (excluding diaryl/α,β-unsaturated/α-hetero) is 1. The fourth-order valence-corrected chi connectivity index (χ4v) is 1.62. The Hall–Kier alpha value is -1.82. The number of ether oxygens (including phenoxy) is 1. The predicted molar refractivity (Wildman–Crippen MR) is 61.7 cm³/mol. The Kier molecular flexibility index (Phi) is 4.07. The number of rotatable bonds is 4. The van der Waals surface area contributed by atoms with E-state index in [0.29, 0.717) is 23.5 Å². The van der Waals surface area contributed by atoms with Crippen molar-refractivity contribution in [2.75, 3.05) is 6.61 Å². The highest BCUT2D eigenvalue weighted by Gasteiger charge is 2.15. The van der Waals surface area contributed by atoms with Crippen LogP contribution in [-0.4, -0.2) is 12.4 Å². The van der Waals surface area contributed by atoms with Crippen LogP contribution in [0.25, 0.3) is 0 Å². The first kappa shape index (κ1) is 12.3. The van der Waals surface area contributed by atoms with E-state index in [4.69, 9.17) is 10.00 Å². The summed E-state index contributed by atoms with van der Waals surface area (Å²) < 4.78 is 5.47. The van der Waals surface area contributed by atoms with Crippen molar-refractivity contribution in [3.63, 3.8) is 0 Å². The molecule has 0 aromatic heterocycles. The molecule has 0 bridgehead atoms. The van der Waals surface area contributed by atoms with E-state index in [1.807, 2.05) is 19.9 Å². The first-order chi connectivity index (χ1) is 7.65. The number of hydrogen-bond acceptors (Lipinski definition) is 3. The van der Waals surface area contributed by atoms with Crippen LogP contribution in [0.1, 0.15) is 42.3 Å². The lowest BCUT2D eigenvalue weighted by Crippen LogP contribution is -2.04. The highest BCUT2D eigenvalue weighted by molar-refractivity contribution is 5.97. The van der Waals surface area contributed by atoms with Crippen molar-refractivity contribution in [2.45, 2.75) is 27.2 Å². The molecule has 0 saturated carbocycles. The molecule has 0 aliphatic heterocycles. The third-order valence-corrected chi connectivity index (χ3v) is 2.40. The van der Waals surface area contributed by atoms with Crippen molar-refractivity contribution < 1.29 is 9.53 Å². The minimum atomic E-state index is -0.111. The maximum absolute atomic E-state index is 11.4. The van der Waals surface area contributed by atoms with Gasteiger partial charge in [0.2, 0.25) is 0 Å². The van der Waals surface area contributed by atoms with Crippen LogP contribution in [0.2, 0.25) is 0 Å². The van der Waals surface area contributed by atoms with Crippen molar-refractivity contribution in [1.29, 1.82) is 5.26 Å². The first-order valence-electron chi connectivity index (χ1n) is 5.35. The second-order valence-electron chi connectivity index (χ2n) is 3.43. The molecule has 0 atom stereocenters. The Morgan fingerprint density at radius 3 is 2.56 bits per heavy atom. The lowest BCUT2D eigenvalue weighted by atomic mass is 9.99. The molecular weight excluding hydrogens is 202 g/mol. The lowest BCUT2D eigenvalue weighted by Gasteiger charge is -2.12. The van der Waals surface area contributed by atoms with Crippen LogP contribution < -0.4 is 4.74 Å². The van der Waals surface area contributed by atoms with Crippen molar-refractivity contribution in [3.05, 3.63) is 28.8 Å². The van der Waals surface area contributed by atoms with E-state index in [9.17, 15) is 4.79 Å². The molecule has 0 aliphatic rings. The molecule has 3 nitrogen and oxygen atoms in total. The van der Waals surface area contributed by atoms with Crippen molar-refractivity contribution in [1.82, 2.24) is 0 Å². The molecule has 1 rings (SSSR count). The van der Waals surface area contributed by atoms with Gasteiger partial charge >= 0.3 is 0 Å². The van der Waals surface area contributed by atoms with Gasteiger partial charge in [-0.2, -0.15) is 5.26 Å². The topological polar surface area (TPSA) is 50.1 Å². The van der Waals surface area contributed by atoms with Gasteiger partial charge in [-0.15, -0.1) is 0 Å². The average molecular weight is 217 g/mol. The third-order valence-electron chi connectivity index (χ3n) is 2.40. The van der Waals surface area contributed by atoms with Crippen LogP contribution in [0.15, 0.2) is 12.1 Å². The molecule has 0 N–H and O–H groups in total. The summed E-state index contributed by atoms with van der Waals surface area (Å²) in [4.78, 5) is 11.4. The second kappa shape index (κ2) is 5.32. The number of carbonyl (C=O) groups excluding carboxylic acids is 1. The van der Waals surface area contributed by atoms with E-state index in [-0.39, 0.29) is 5.78 Å². The molecule has 16 heavy (non-hydrogen) atoms. The Bertz CT molecular complexity index is 444. The van der Waals surface area contributed by atoms with E-state index < -0.39 is 0 Å². The fraction of sp³-hybridized carbons (Fsp3) is 0.385. The zero-order chi connectivity index (χ0) is 12.1. The highest BCUT2D eigenvalue weighted by atomic mass is 16.5. The predicted octanol–water partition coefficient (Wildman–Crippen LogP) is 2.72. The molecular formula is C13H15NO2. The smallest absolute Gasteiger partial charge is 0.161 e. The maximum atomic E-state index is 11.4. The van der Waals surface area contributed by atoms with E-state index in [0.717, 1.165) is 12.0 Å². The molecule has 3 heteroatoms. The minimum Gasteiger partial charge on any atom is -0.492 e. The van der Waals surface area contributed by atoms with Gasteiger partial charge in [0.1, 0.15) is 17.4 Å². The van der Waals surface area contributed by atoms with Crippen LogP contribution in [0, 0.1) is 11.3 Å². The molecule has 0 unspecified atom stereocenters. The van der Waals surface area contributed by atoms with E-state index in [1.54, 1.807) is 6.07 Å². The van der Waals surface area contributed by atoms with Gasteiger partial charge in [0, 0.05) is 5.56 Å². The number of hydrogen-bond donors (Lipinski definition) is 0. The number of ketones is 1. The van der Waals surface area contributed by atoms with Crippen molar-refractivity contribution in [2.24, 2.45) is 0 Å². The Balaban J connectivity index is 3.44. The summed E-state index contributed by atoms with van der Waals surface area (Å²) >= 11 is 0. The van der Waals surface area contributed by atoms with Gasteiger partial charge < -0.3 is 4.74 Å². The van der Waals surface area contributed by atoms with Gasteiger partial charge in [-0.1, -0.05) is 13.0 Å². The average Bonchev–Trinajstić information content (AvgIpc) is 2.28. The Morgan fingerprint density at radius 2 is 2.12 bits per heavy atom. The van der Waals surface area contributed by atoms with Crippen LogP contribution in [0.4, 0.5) is 0 Å². The number of carbonyl (C=O) groups is 1. The van der Waals surface area contributed by atoms with Crippen LogP contribution in [0.5, 0.6) is 5.75 Å². The quantitative estimate of drug-likeness (QED) is 0.728. The molecule has 0 radical (unpaired) electrons. The normalized spacial score (nSPS) is 9.62. The molecule has 0 aliphatic carbocycles. The highest BCUT2D eigenvalue weighted by Crippen LogP contribution is 2.27. The number of nitrogens with zero attached hydrogens (tertiary/aromatic N) is 1. The fourth-order valence-electron chi connectivity index (χ4n) is 1.62. The summed E-state index contributed by atoms with van der Waals surface area (Å²) in [5, 5.41) is 9.11. The zero-order valence-corrected chi connectivity index (χ0v) is 9.83. The summed E-state index contributed by atoms with van der Waals surface area (Å²) in [6.07, 6.45) is 0.780. The van der Waals surface area contributed by atoms with Crippen LogP contribution in [0.3, 0.4) is 0 Å². The van der Waals surface area contributed by atoms with Gasteiger partial charge in [0.05, 0.1) is 6.61 Å². The molecule has 0 fully saturated rings. The van der Waals surface area contributed by atoms with E-state index in [1.165, 1.54) is 6.92 Å².